The molecule has 1 heteroatoms. The van der Waals surface area contributed by atoms with Crippen molar-refractivity contribution >= 4 is 0 Å². The van der Waals surface area contributed by atoms with Crippen LogP contribution < -0.4 is 5.32 Å². The van der Waals surface area contributed by atoms with Gasteiger partial charge in [0.1, 0.15) is 0 Å². The van der Waals surface area contributed by atoms with Crippen LogP contribution in [0.5, 0.6) is 0 Å². The molecule has 1 aliphatic rings. The first-order valence-corrected chi connectivity index (χ1v) is 8.09. The Bertz CT molecular complexity index is 338. The maximum absolute atomic E-state index is 3.65. The first-order valence-electron chi connectivity index (χ1n) is 8.09. The average molecular weight is 259 g/mol. The van der Waals surface area contributed by atoms with Crippen LogP contribution in [0.3, 0.4) is 0 Å². The number of likely N-dealkylation sites (N-methyl/N-ethyl adjacent to an activating group) is 1. The average Bonchev–Trinajstić information content (AvgIpc) is 2.74. The third-order valence-electron chi connectivity index (χ3n) is 4.84. The van der Waals surface area contributed by atoms with Crippen molar-refractivity contribution < 1.29 is 0 Å². The Morgan fingerprint density at radius 2 is 1.68 bits per heavy atom. The summed E-state index contributed by atoms with van der Waals surface area (Å²) in [4.78, 5) is 0. The van der Waals surface area contributed by atoms with E-state index >= 15 is 0 Å². The second kappa shape index (κ2) is 7.69. The summed E-state index contributed by atoms with van der Waals surface area (Å²) in [5.41, 5.74) is 1.51. The van der Waals surface area contributed by atoms with E-state index in [4.69, 9.17) is 0 Å². The van der Waals surface area contributed by atoms with Gasteiger partial charge in [-0.1, -0.05) is 62.9 Å². The Hall–Kier alpha value is -0.820. The van der Waals surface area contributed by atoms with Crippen molar-refractivity contribution in [3.8, 4) is 0 Å². The van der Waals surface area contributed by atoms with Gasteiger partial charge in [0.2, 0.25) is 0 Å². The van der Waals surface area contributed by atoms with Crippen molar-refractivity contribution in [2.45, 2.75) is 63.8 Å². The third-order valence-corrected chi connectivity index (χ3v) is 4.84. The molecule has 1 N–H and O–H groups in total. The van der Waals surface area contributed by atoms with E-state index in [-0.39, 0.29) is 0 Å². The highest BCUT2D eigenvalue weighted by Gasteiger charge is 2.28. The lowest BCUT2D eigenvalue weighted by atomic mass is 9.79. The Balaban J connectivity index is 2.13. The predicted octanol–water partition coefficient (Wildman–Crippen LogP) is 4.74. The second-order valence-corrected chi connectivity index (χ2v) is 5.99. The molecule has 1 saturated carbocycles. The molecular weight excluding hydrogens is 230 g/mol. The maximum Gasteiger partial charge on any atom is 0.0161 e. The van der Waals surface area contributed by atoms with Crippen molar-refractivity contribution in [1.29, 1.82) is 0 Å². The van der Waals surface area contributed by atoms with E-state index in [9.17, 15) is 0 Å². The molecule has 1 nitrogen and oxygen atoms in total. The summed E-state index contributed by atoms with van der Waals surface area (Å²) in [7, 11) is 2.15. The van der Waals surface area contributed by atoms with Crippen LogP contribution in [0.25, 0.3) is 0 Å². The Morgan fingerprint density at radius 3 is 2.21 bits per heavy atom. The van der Waals surface area contributed by atoms with Crippen LogP contribution in [-0.4, -0.2) is 13.1 Å². The van der Waals surface area contributed by atoms with E-state index in [1.54, 1.807) is 0 Å². The smallest absolute Gasteiger partial charge is 0.0161 e. The van der Waals surface area contributed by atoms with Gasteiger partial charge in [-0.15, -0.1) is 0 Å². The first kappa shape index (κ1) is 14.6. The van der Waals surface area contributed by atoms with Gasteiger partial charge in [-0.3, -0.25) is 0 Å². The maximum atomic E-state index is 3.65. The number of hydrogen-bond donors (Lipinski definition) is 1. The van der Waals surface area contributed by atoms with Crippen LogP contribution in [0.1, 0.15) is 63.4 Å². The molecule has 2 unspecified atom stereocenters. The monoisotopic (exact) mass is 259 g/mol. The number of nitrogens with one attached hydrogen (secondary N) is 1. The van der Waals surface area contributed by atoms with E-state index in [1.807, 2.05) is 0 Å². The molecule has 106 valence electrons. The molecule has 0 spiro atoms. The third kappa shape index (κ3) is 3.82. The van der Waals surface area contributed by atoms with Gasteiger partial charge in [-0.05, 0) is 43.7 Å². The molecule has 2 rings (SSSR count). The van der Waals surface area contributed by atoms with Crippen LogP contribution in [0.15, 0.2) is 30.3 Å². The summed E-state index contributed by atoms with van der Waals surface area (Å²) in [6.45, 7) is 2.33. The van der Waals surface area contributed by atoms with Gasteiger partial charge in [-0.25, -0.2) is 0 Å². The minimum Gasteiger partial charge on any atom is -0.316 e. The quantitative estimate of drug-likeness (QED) is 0.753. The van der Waals surface area contributed by atoms with E-state index in [0.717, 1.165) is 5.92 Å². The fourth-order valence-corrected chi connectivity index (χ4v) is 3.83. The molecular formula is C18H29N. The predicted molar refractivity (Wildman–Crippen MR) is 83.5 cm³/mol. The van der Waals surface area contributed by atoms with Crippen LogP contribution in [0, 0.1) is 5.92 Å². The molecule has 1 aromatic carbocycles. The molecule has 1 aromatic rings. The SMILES string of the molecule is CCC(c1ccccc1)C(NC)C1CCCCCC1. The van der Waals surface area contributed by atoms with Gasteiger partial charge in [0.05, 0.1) is 0 Å². The Morgan fingerprint density at radius 1 is 1.05 bits per heavy atom. The summed E-state index contributed by atoms with van der Waals surface area (Å²) >= 11 is 0. The molecule has 0 aromatic heterocycles. The van der Waals surface area contributed by atoms with Gasteiger partial charge in [0, 0.05) is 6.04 Å². The number of hydrogen-bond acceptors (Lipinski definition) is 1. The topological polar surface area (TPSA) is 12.0 Å². The molecule has 0 bridgehead atoms. The largest absolute Gasteiger partial charge is 0.316 e. The molecule has 1 fully saturated rings. The van der Waals surface area contributed by atoms with E-state index in [0.29, 0.717) is 12.0 Å². The van der Waals surface area contributed by atoms with Gasteiger partial charge >= 0.3 is 0 Å². The molecule has 0 heterocycles. The lowest BCUT2D eigenvalue weighted by Gasteiger charge is -2.33. The highest BCUT2D eigenvalue weighted by molar-refractivity contribution is 5.21. The Labute approximate surface area is 118 Å². The molecule has 0 amide bonds. The zero-order valence-corrected chi connectivity index (χ0v) is 12.6. The summed E-state index contributed by atoms with van der Waals surface area (Å²) < 4.78 is 0. The van der Waals surface area contributed by atoms with Crippen molar-refractivity contribution in [1.82, 2.24) is 5.32 Å². The van der Waals surface area contributed by atoms with E-state index < -0.39 is 0 Å². The number of benzene rings is 1. The van der Waals surface area contributed by atoms with Crippen LogP contribution in [0.2, 0.25) is 0 Å². The fourth-order valence-electron chi connectivity index (χ4n) is 3.83. The van der Waals surface area contributed by atoms with Crippen molar-refractivity contribution in [3.05, 3.63) is 35.9 Å². The molecule has 1 aliphatic carbocycles. The van der Waals surface area contributed by atoms with Crippen molar-refractivity contribution in [2.75, 3.05) is 7.05 Å². The van der Waals surface area contributed by atoms with Crippen molar-refractivity contribution in [3.63, 3.8) is 0 Å². The van der Waals surface area contributed by atoms with Gasteiger partial charge in [0.15, 0.2) is 0 Å². The summed E-state index contributed by atoms with van der Waals surface area (Å²) in [6.07, 6.45) is 9.78. The van der Waals surface area contributed by atoms with Crippen LogP contribution in [0.4, 0.5) is 0 Å². The van der Waals surface area contributed by atoms with Crippen molar-refractivity contribution in [2.24, 2.45) is 5.92 Å². The normalized spacial score (nSPS) is 20.7. The van der Waals surface area contributed by atoms with E-state index in [1.165, 1.54) is 50.5 Å². The zero-order chi connectivity index (χ0) is 13.5. The Kier molecular flexibility index (Phi) is 5.91. The summed E-state index contributed by atoms with van der Waals surface area (Å²) in [5, 5.41) is 3.65. The zero-order valence-electron chi connectivity index (χ0n) is 12.6. The highest BCUT2D eigenvalue weighted by atomic mass is 14.9. The standard InChI is InChI=1S/C18H29N/c1-3-17(15-11-9-6-10-12-15)18(19-2)16-13-7-4-5-8-14-16/h6,9-12,16-19H,3-5,7-8,13-14H2,1-2H3. The van der Waals surface area contributed by atoms with Crippen LogP contribution in [-0.2, 0) is 0 Å². The number of rotatable bonds is 5. The minimum absolute atomic E-state index is 0.644. The minimum atomic E-state index is 0.644. The molecule has 19 heavy (non-hydrogen) atoms. The lowest BCUT2D eigenvalue weighted by Crippen LogP contribution is -2.38. The summed E-state index contributed by atoms with van der Waals surface area (Å²) in [6, 6.07) is 11.7. The summed E-state index contributed by atoms with van der Waals surface area (Å²) in [5.74, 6) is 1.52. The first-order chi connectivity index (χ1) is 9.36. The molecule has 2 atom stereocenters. The highest BCUT2D eigenvalue weighted by Crippen LogP contribution is 2.34. The van der Waals surface area contributed by atoms with Crippen LogP contribution >= 0.6 is 0 Å². The van der Waals surface area contributed by atoms with Gasteiger partial charge in [-0.2, -0.15) is 0 Å². The molecule has 0 radical (unpaired) electrons. The van der Waals surface area contributed by atoms with E-state index in [2.05, 4.69) is 49.6 Å². The second-order valence-electron chi connectivity index (χ2n) is 5.99. The molecule has 0 saturated heterocycles. The fraction of sp³-hybridized carbons (Fsp3) is 0.667. The molecule has 0 aliphatic heterocycles. The lowest BCUT2D eigenvalue weighted by molar-refractivity contribution is 0.288. The van der Waals surface area contributed by atoms with Gasteiger partial charge < -0.3 is 5.32 Å². The van der Waals surface area contributed by atoms with Gasteiger partial charge in [0.25, 0.3) is 0 Å².